The lowest BCUT2D eigenvalue weighted by Gasteiger charge is -2.26. The first-order valence-corrected chi connectivity index (χ1v) is 12.0. The summed E-state index contributed by atoms with van der Waals surface area (Å²) < 4.78 is 35.0. The number of amides is 1. The standard InChI is InChI=1S/C18H20N2O2.C7H8O3S/c19-16-11-12-20(17(16)15-9-5-2-6-10-15)18(21)22-13-14-7-3-1-4-8-14;1-6-2-4-7(5-3-6)11(8,9)10/h1-10,16-17H,11-13,19H2;2-5H,1H3,(H,8,9,10)/t16-,17-;/m0./s1. The minimum absolute atomic E-state index is 0.0494. The summed E-state index contributed by atoms with van der Waals surface area (Å²) in [5.41, 5.74) is 9.19. The Morgan fingerprint density at radius 2 is 1.58 bits per heavy atom. The van der Waals surface area contributed by atoms with Gasteiger partial charge in [0, 0.05) is 12.6 Å². The Morgan fingerprint density at radius 1 is 1.00 bits per heavy atom. The lowest BCUT2D eigenvalue weighted by molar-refractivity contribution is 0.0908. The maximum atomic E-state index is 12.4. The van der Waals surface area contributed by atoms with Crippen LogP contribution >= 0.6 is 0 Å². The molecule has 1 fully saturated rings. The van der Waals surface area contributed by atoms with Gasteiger partial charge in [-0.25, -0.2) is 4.79 Å². The summed E-state index contributed by atoms with van der Waals surface area (Å²) in [6, 6.07) is 25.4. The summed E-state index contributed by atoms with van der Waals surface area (Å²) in [6.07, 6.45) is 0.491. The molecule has 0 saturated carbocycles. The fourth-order valence-electron chi connectivity index (χ4n) is 3.61. The molecule has 33 heavy (non-hydrogen) atoms. The Labute approximate surface area is 194 Å². The van der Waals surface area contributed by atoms with Crippen LogP contribution in [0.15, 0.2) is 89.8 Å². The van der Waals surface area contributed by atoms with Gasteiger partial charge in [-0.05, 0) is 36.6 Å². The smallest absolute Gasteiger partial charge is 0.410 e. The van der Waals surface area contributed by atoms with Crippen molar-refractivity contribution < 1.29 is 22.5 Å². The average molecular weight is 469 g/mol. The van der Waals surface area contributed by atoms with E-state index in [9.17, 15) is 13.2 Å². The van der Waals surface area contributed by atoms with E-state index in [4.69, 9.17) is 15.0 Å². The summed E-state index contributed by atoms with van der Waals surface area (Å²) >= 11 is 0. The Kier molecular flexibility index (Phi) is 8.21. The predicted octanol–water partition coefficient (Wildman–Crippen LogP) is 4.34. The van der Waals surface area contributed by atoms with Crippen molar-refractivity contribution in [2.45, 2.75) is 36.9 Å². The Hall–Kier alpha value is -3.20. The first kappa shape index (κ1) is 24.4. The van der Waals surface area contributed by atoms with Crippen LogP contribution in [0.5, 0.6) is 0 Å². The number of aryl methyl sites for hydroxylation is 1. The van der Waals surface area contributed by atoms with Crippen LogP contribution in [0.1, 0.15) is 29.2 Å². The molecule has 1 heterocycles. The van der Waals surface area contributed by atoms with Crippen molar-refractivity contribution in [3.63, 3.8) is 0 Å². The van der Waals surface area contributed by atoms with E-state index in [1.807, 2.05) is 67.6 Å². The molecule has 0 aromatic heterocycles. The normalized spacial score (nSPS) is 17.7. The highest BCUT2D eigenvalue weighted by atomic mass is 32.2. The average Bonchev–Trinajstić information content (AvgIpc) is 3.20. The molecule has 8 heteroatoms. The first-order valence-electron chi connectivity index (χ1n) is 10.6. The molecule has 3 N–H and O–H groups in total. The van der Waals surface area contributed by atoms with Gasteiger partial charge < -0.3 is 10.5 Å². The van der Waals surface area contributed by atoms with Gasteiger partial charge >= 0.3 is 6.09 Å². The molecule has 1 aliphatic heterocycles. The van der Waals surface area contributed by atoms with E-state index in [1.165, 1.54) is 12.1 Å². The highest BCUT2D eigenvalue weighted by molar-refractivity contribution is 7.85. The quantitative estimate of drug-likeness (QED) is 0.551. The fraction of sp³-hybridized carbons (Fsp3) is 0.240. The van der Waals surface area contributed by atoms with Gasteiger partial charge in [0.05, 0.1) is 10.9 Å². The van der Waals surface area contributed by atoms with Gasteiger partial charge in [0.15, 0.2) is 0 Å². The molecule has 0 unspecified atom stereocenters. The second-order valence-electron chi connectivity index (χ2n) is 7.83. The van der Waals surface area contributed by atoms with E-state index >= 15 is 0 Å². The maximum Gasteiger partial charge on any atom is 0.410 e. The highest BCUT2D eigenvalue weighted by Gasteiger charge is 2.36. The lowest BCUT2D eigenvalue weighted by atomic mass is 10.0. The van der Waals surface area contributed by atoms with Crippen LogP contribution in [0.25, 0.3) is 0 Å². The van der Waals surface area contributed by atoms with Crippen molar-refractivity contribution in [1.29, 1.82) is 0 Å². The van der Waals surface area contributed by atoms with Gasteiger partial charge in [-0.15, -0.1) is 0 Å². The molecule has 1 saturated heterocycles. The number of rotatable bonds is 4. The lowest BCUT2D eigenvalue weighted by Crippen LogP contribution is -2.36. The minimum Gasteiger partial charge on any atom is -0.445 e. The molecule has 1 aliphatic rings. The number of carbonyl (C=O) groups excluding carboxylic acids is 1. The molecule has 0 radical (unpaired) electrons. The van der Waals surface area contributed by atoms with Crippen molar-refractivity contribution in [2.24, 2.45) is 5.73 Å². The van der Waals surface area contributed by atoms with Gasteiger partial charge in [-0.2, -0.15) is 8.42 Å². The predicted molar refractivity (Wildman–Crippen MR) is 126 cm³/mol. The van der Waals surface area contributed by atoms with Gasteiger partial charge in [0.25, 0.3) is 10.1 Å². The molecular formula is C25H28N2O5S. The SMILES string of the molecule is Cc1ccc(S(=O)(=O)O)cc1.N[C@H]1CCN(C(=O)OCc2ccccc2)[C@H]1c1ccccc1. The van der Waals surface area contributed by atoms with Crippen molar-refractivity contribution in [1.82, 2.24) is 4.90 Å². The van der Waals surface area contributed by atoms with Gasteiger partial charge in [-0.3, -0.25) is 9.45 Å². The minimum atomic E-state index is -4.02. The van der Waals surface area contributed by atoms with E-state index in [0.29, 0.717) is 6.54 Å². The number of carbonyl (C=O) groups is 1. The van der Waals surface area contributed by atoms with Gasteiger partial charge in [0.1, 0.15) is 6.61 Å². The largest absolute Gasteiger partial charge is 0.445 e. The molecule has 0 spiro atoms. The van der Waals surface area contributed by atoms with Crippen molar-refractivity contribution in [2.75, 3.05) is 6.54 Å². The van der Waals surface area contributed by atoms with E-state index in [1.54, 1.807) is 17.0 Å². The second kappa shape index (κ2) is 11.1. The van der Waals surface area contributed by atoms with E-state index in [0.717, 1.165) is 23.1 Å². The zero-order chi connectivity index (χ0) is 23.8. The Balaban J connectivity index is 0.000000235. The van der Waals surface area contributed by atoms with Crippen molar-refractivity contribution >= 4 is 16.2 Å². The molecule has 2 atom stereocenters. The summed E-state index contributed by atoms with van der Waals surface area (Å²) in [4.78, 5) is 14.1. The molecule has 174 valence electrons. The number of likely N-dealkylation sites (tertiary alicyclic amines) is 1. The topological polar surface area (TPSA) is 110 Å². The third kappa shape index (κ3) is 6.89. The number of nitrogens with zero attached hydrogens (tertiary/aromatic N) is 1. The fourth-order valence-corrected chi connectivity index (χ4v) is 4.09. The van der Waals surface area contributed by atoms with Crippen LogP contribution in [0.2, 0.25) is 0 Å². The summed E-state index contributed by atoms with van der Waals surface area (Å²) in [7, 11) is -4.02. The Morgan fingerprint density at radius 3 is 2.15 bits per heavy atom. The van der Waals surface area contributed by atoms with E-state index in [2.05, 4.69) is 0 Å². The number of hydrogen-bond acceptors (Lipinski definition) is 5. The molecule has 3 aromatic carbocycles. The highest BCUT2D eigenvalue weighted by Crippen LogP contribution is 2.31. The zero-order valence-corrected chi connectivity index (χ0v) is 19.2. The zero-order valence-electron chi connectivity index (χ0n) is 18.4. The number of ether oxygens (including phenoxy) is 1. The Bertz CT molecular complexity index is 1140. The third-order valence-corrected chi connectivity index (χ3v) is 6.21. The van der Waals surface area contributed by atoms with Gasteiger partial charge in [-0.1, -0.05) is 78.4 Å². The molecule has 4 rings (SSSR count). The number of nitrogens with two attached hydrogens (primary N) is 1. The van der Waals surface area contributed by atoms with Crippen LogP contribution in [-0.2, 0) is 21.5 Å². The third-order valence-electron chi connectivity index (χ3n) is 5.34. The van der Waals surface area contributed by atoms with Gasteiger partial charge in [0.2, 0.25) is 0 Å². The van der Waals surface area contributed by atoms with Crippen LogP contribution < -0.4 is 5.73 Å². The first-order chi connectivity index (χ1) is 15.8. The molecule has 0 bridgehead atoms. The molecule has 1 amide bonds. The summed E-state index contributed by atoms with van der Waals surface area (Å²) in [5, 5.41) is 0. The van der Waals surface area contributed by atoms with Crippen LogP contribution in [0.3, 0.4) is 0 Å². The van der Waals surface area contributed by atoms with E-state index < -0.39 is 10.1 Å². The number of hydrogen-bond donors (Lipinski definition) is 2. The van der Waals surface area contributed by atoms with Crippen LogP contribution in [0.4, 0.5) is 4.79 Å². The van der Waals surface area contributed by atoms with Crippen LogP contribution in [0, 0.1) is 6.92 Å². The van der Waals surface area contributed by atoms with Crippen molar-refractivity contribution in [3.05, 3.63) is 102 Å². The van der Waals surface area contributed by atoms with Crippen molar-refractivity contribution in [3.8, 4) is 0 Å². The summed E-state index contributed by atoms with van der Waals surface area (Å²) in [6.45, 7) is 2.76. The summed E-state index contributed by atoms with van der Waals surface area (Å²) in [5.74, 6) is 0. The molecule has 3 aromatic rings. The maximum absolute atomic E-state index is 12.4. The molecule has 0 aliphatic carbocycles. The van der Waals surface area contributed by atoms with E-state index in [-0.39, 0.29) is 29.7 Å². The number of benzene rings is 3. The van der Waals surface area contributed by atoms with Crippen LogP contribution in [-0.4, -0.2) is 36.6 Å². The second-order valence-corrected chi connectivity index (χ2v) is 9.25. The monoisotopic (exact) mass is 468 g/mol. The molecule has 7 nitrogen and oxygen atoms in total. The molecular weight excluding hydrogens is 440 g/mol.